The number of amides is 1. The minimum Gasteiger partial charge on any atom is -0.333 e. The first-order valence-electron chi connectivity index (χ1n) is 8.25. The van der Waals surface area contributed by atoms with Crippen molar-refractivity contribution in [1.82, 2.24) is 14.7 Å². The van der Waals surface area contributed by atoms with Gasteiger partial charge in [0.1, 0.15) is 0 Å². The Labute approximate surface area is 136 Å². The normalized spacial score (nSPS) is 23.0. The summed E-state index contributed by atoms with van der Waals surface area (Å²) in [5.74, 6) is 0.230. The molecule has 118 valence electrons. The summed E-state index contributed by atoms with van der Waals surface area (Å²) < 4.78 is 1.75. The molecule has 1 amide bonds. The second kappa shape index (κ2) is 5.69. The van der Waals surface area contributed by atoms with Crippen LogP contribution in [0.5, 0.6) is 0 Å². The molecule has 0 saturated carbocycles. The highest BCUT2D eigenvalue weighted by molar-refractivity contribution is 5.82. The van der Waals surface area contributed by atoms with E-state index in [9.17, 15) is 4.79 Å². The summed E-state index contributed by atoms with van der Waals surface area (Å²) in [5.41, 5.74) is 3.68. The number of benzene rings is 1. The highest BCUT2D eigenvalue weighted by Crippen LogP contribution is 2.38. The molecule has 0 N–H and O–H groups in total. The molecule has 0 spiro atoms. The van der Waals surface area contributed by atoms with Crippen LogP contribution in [0.1, 0.15) is 30.4 Å². The van der Waals surface area contributed by atoms with E-state index in [1.54, 1.807) is 10.9 Å². The second-order valence-electron chi connectivity index (χ2n) is 6.56. The number of carbonyl (C=O) groups is 1. The van der Waals surface area contributed by atoms with E-state index in [0.717, 1.165) is 24.8 Å². The molecule has 4 nitrogen and oxygen atoms in total. The van der Waals surface area contributed by atoms with Crippen molar-refractivity contribution in [3.63, 3.8) is 0 Å². The van der Waals surface area contributed by atoms with Crippen molar-refractivity contribution < 1.29 is 4.79 Å². The Hall–Kier alpha value is -2.36. The number of carbonyl (C=O) groups excluding carboxylic acids is 1. The Kier molecular flexibility index (Phi) is 3.52. The molecule has 2 aromatic rings. The van der Waals surface area contributed by atoms with Gasteiger partial charge in [0, 0.05) is 19.3 Å². The fourth-order valence-corrected chi connectivity index (χ4v) is 3.91. The molecule has 1 fully saturated rings. The maximum absolute atomic E-state index is 12.7. The van der Waals surface area contributed by atoms with Gasteiger partial charge in [-0.15, -0.1) is 0 Å². The zero-order valence-electron chi connectivity index (χ0n) is 13.4. The van der Waals surface area contributed by atoms with Crippen molar-refractivity contribution >= 4 is 11.5 Å². The highest BCUT2D eigenvalue weighted by atomic mass is 16.2. The number of hydrogen-bond acceptors (Lipinski definition) is 2. The molecule has 1 aromatic heterocycles. The van der Waals surface area contributed by atoms with Crippen molar-refractivity contribution in [2.45, 2.75) is 37.8 Å². The molecule has 2 bridgehead atoms. The van der Waals surface area contributed by atoms with Crippen LogP contribution in [0.15, 0.2) is 48.8 Å². The predicted molar refractivity (Wildman–Crippen MR) is 89.6 cm³/mol. The third-order valence-electron chi connectivity index (χ3n) is 4.94. The largest absolute Gasteiger partial charge is 0.333 e. The summed E-state index contributed by atoms with van der Waals surface area (Å²) in [6, 6.07) is 11.1. The molecule has 4 heteroatoms. The Bertz CT molecular complexity index is 747. The van der Waals surface area contributed by atoms with Crippen LogP contribution in [0.25, 0.3) is 5.57 Å². The second-order valence-corrected chi connectivity index (χ2v) is 6.56. The van der Waals surface area contributed by atoms with Gasteiger partial charge in [0.15, 0.2) is 0 Å². The van der Waals surface area contributed by atoms with E-state index >= 15 is 0 Å². The van der Waals surface area contributed by atoms with E-state index in [2.05, 4.69) is 40.3 Å². The van der Waals surface area contributed by atoms with Crippen molar-refractivity contribution in [2.24, 2.45) is 7.05 Å². The number of aryl methyl sites for hydroxylation is 1. The number of nitrogens with zero attached hydrogens (tertiary/aromatic N) is 3. The van der Waals surface area contributed by atoms with Gasteiger partial charge in [0.2, 0.25) is 5.91 Å². The summed E-state index contributed by atoms with van der Waals surface area (Å²) in [7, 11) is 1.88. The third kappa shape index (κ3) is 2.69. The van der Waals surface area contributed by atoms with Crippen LogP contribution in [0, 0.1) is 0 Å². The molecule has 0 unspecified atom stereocenters. The first kappa shape index (κ1) is 14.2. The maximum atomic E-state index is 12.7. The van der Waals surface area contributed by atoms with E-state index in [1.165, 1.54) is 11.1 Å². The van der Waals surface area contributed by atoms with Gasteiger partial charge >= 0.3 is 0 Å². The Morgan fingerprint density at radius 1 is 1.26 bits per heavy atom. The highest BCUT2D eigenvalue weighted by Gasteiger charge is 2.39. The third-order valence-corrected chi connectivity index (χ3v) is 4.94. The first-order valence-corrected chi connectivity index (χ1v) is 8.25. The summed E-state index contributed by atoms with van der Waals surface area (Å²) in [4.78, 5) is 14.9. The van der Waals surface area contributed by atoms with Crippen LogP contribution >= 0.6 is 0 Å². The van der Waals surface area contributed by atoms with E-state index in [1.807, 2.05) is 19.3 Å². The Balaban J connectivity index is 1.53. The van der Waals surface area contributed by atoms with Gasteiger partial charge in [-0.1, -0.05) is 36.4 Å². The lowest BCUT2D eigenvalue weighted by Crippen LogP contribution is -2.43. The summed E-state index contributed by atoms with van der Waals surface area (Å²) in [6.45, 7) is 0. The SMILES string of the molecule is Cn1cc(CC(=O)N2[C@@H]3CC[C@@H]2C=C(c2ccccc2)C3)cn1. The van der Waals surface area contributed by atoms with Crippen LogP contribution < -0.4 is 0 Å². The fraction of sp³-hybridized carbons (Fsp3) is 0.368. The molecule has 1 aromatic carbocycles. The lowest BCUT2D eigenvalue weighted by molar-refractivity contribution is -0.132. The molecule has 1 saturated heterocycles. The van der Waals surface area contributed by atoms with Gasteiger partial charge in [-0.05, 0) is 36.0 Å². The maximum Gasteiger partial charge on any atom is 0.227 e. The molecule has 0 radical (unpaired) electrons. The number of rotatable bonds is 3. The van der Waals surface area contributed by atoms with E-state index in [0.29, 0.717) is 12.5 Å². The Morgan fingerprint density at radius 2 is 2.09 bits per heavy atom. The molecular formula is C19H21N3O. The van der Waals surface area contributed by atoms with Crippen LogP contribution in [-0.2, 0) is 18.3 Å². The minimum atomic E-state index is 0.230. The average Bonchev–Trinajstić information content (AvgIpc) is 3.08. The van der Waals surface area contributed by atoms with Gasteiger partial charge in [-0.3, -0.25) is 9.48 Å². The molecule has 2 aliphatic heterocycles. The summed E-state index contributed by atoms with van der Waals surface area (Å²) >= 11 is 0. The van der Waals surface area contributed by atoms with Crippen LogP contribution in [0.3, 0.4) is 0 Å². The van der Waals surface area contributed by atoms with E-state index in [-0.39, 0.29) is 11.9 Å². The predicted octanol–water partition coefficient (Wildman–Crippen LogP) is 2.81. The number of fused-ring (bicyclic) bond motifs is 2. The zero-order valence-corrected chi connectivity index (χ0v) is 13.4. The zero-order chi connectivity index (χ0) is 15.8. The van der Waals surface area contributed by atoms with Crippen molar-refractivity contribution in [2.75, 3.05) is 0 Å². The standard InChI is InChI=1S/C19H21N3O/c1-21-13-14(12-20-21)9-19(23)22-17-7-8-18(22)11-16(10-17)15-5-3-2-4-6-15/h2-6,10,12-13,17-18H,7-9,11H2,1H3/t17-,18-/m1/s1. The Morgan fingerprint density at radius 3 is 2.78 bits per heavy atom. The van der Waals surface area contributed by atoms with Gasteiger partial charge in [-0.2, -0.15) is 5.10 Å². The molecule has 2 aliphatic rings. The van der Waals surface area contributed by atoms with Gasteiger partial charge in [0.05, 0.1) is 18.7 Å². The first-order chi connectivity index (χ1) is 11.2. The lowest BCUT2D eigenvalue weighted by atomic mass is 9.94. The van der Waals surface area contributed by atoms with Gasteiger partial charge in [-0.25, -0.2) is 0 Å². The van der Waals surface area contributed by atoms with Gasteiger partial charge in [0.25, 0.3) is 0 Å². The molecule has 2 atom stereocenters. The molecule has 4 rings (SSSR count). The molecule has 0 aliphatic carbocycles. The fourth-order valence-electron chi connectivity index (χ4n) is 3.91. The lowest BCUT2D eigenvalue weighted by Gasteiger charge is -2.34. The van der Waals surface area contributed by atoms with Crippen molar-refractivity contribution in [1.29, 1.82) is 0 Å². The molecular weight excluding hydrogens is 286 g/mol. The monoisotopic (exact) mass is 307 g/mol. The van der Waals surface area contributed by atoms with Crippen molar-refractivity contribution in [3.8, 4) is 0 Å². The quantitative estimate of drug-likeness (QED) is 0.874. The van der Waals surface area contributed by atoms with Gasteiger partial charge < -0.3 is 4.90 Å². The van der Waals surface area contributed by atoms with Crippen LogP contribution in [0.2, 0.25) is 0 Å². The number of aromatic nitrogens is 2. The van der Waals surface area contributed by atoms with Crippen LogP contribution in [0.4, 0.5) is 0 Å². The summed E-state index contributed by atoms with van der Waals surface area (Å²) in [5, 5.41) is 4.15. The number of hydrogen-bond donors (Lipinski definition) is 0. The van der Waals surface area contributed by atoms with E-state index < -0.39 is 0 Å². The minimum absolute atomic E-state index is 0.230. The average molecular weight is 307 g/mol. The topological polar surface area (TPSA) is 38.1 Å². The molecule has 3 heterocycles. The molecule has 23 heavy (non-hydrogen) atoms. The summed E-state index contributed by atoms with van der Waals surface area (Å²) in [6.07, 6.45) is 9.63. The smallest absolute Gasteiger partial charge is 0.227 e. The van der Waals surface area contributed by atoms with Crippen molar-refractivity contribution in [3.05, 3.63) is 59.9 Å². The van der Waals surface area contributed by atoms with Crippen LogP contribution in [-0.4, -0.2) is 32.7 Å². The van der Waals surface area contributed by atoms with E-state index in [4.69, 9.17) is 0 Å².